The molecule has 2 heteroatoms. The van der Waals surface area contributed by atoms with Crippen molar-refractivity contribution in [2.24, 2.45) is 52.3 Å². The molecule has 4 aliphatic rings. The number of halogens is 1. The van der Waals surface area contributed by atoms with Gasteiger partial charge >= 0.3 is 0 Å². The zero-order valence-corrected chi connectivity index (χ0v) is 19.7. The van der Waals surface area contributed by atoms with E-state index >= 15 is 0 Å². The lowest BCUT2D eigenvalue weighted by Gasteiger charge is -2.60. The minimum atomic E-state index is -1.19. The van der Waals surface area contributed by atoms with Gasteiger partial charge in [0.15, 0.2) is 12.0 Å². The lowest BCUT2D eigenvalue weighted by Crippen LogP contribution is -2.55. The van der Waals surface area contributed by atoms with E-state index in [2.05, 4.69) is 34.6 Å². The summed E-state index contributed by atoms with van der Waals surface area (Å²) in [4.78, 5) is 12.1. The topological polar surface area (TPSA) is 17.1 Å². The molecule has 0 amide bonds. The lowest BCUT2D eigenvalue weighted by molar-refractivity contribution is -0.150. The van der Waals surface area contributed by atoms with Gasteiger partial charge in [-0.3, -0.25) is 4.79 Å². The molecule has 1 nitrogen and oxygen atoms in total. The van der Waals surface area contributed by atoms with Gasteiger partial charge in [0.2, 0.25) is 0 Å². The molecule has 0 bridgehead atoms. The van der Waals surface area contributed by atoms with Gasteiger partial charge in [0, 0.05) is 6.42 Å². The maximum atomic E-state index is 14.5. The Kier molecular flexibility index (Phi) is 5.97. The number of carbonyl (C=O) groups excluding carboxylic acids is 1. The fourth-order valence-electron chi connectivity index (χ4n) is 9.08. The predicted molar refractivity (Wildman–Crippen MR) is 118 cm³/mol. The Morgan fingerprint density at radius 1 is 0.966 bits per heavy atom. The van der Waals surface area contributed by atoms with Crippen molar-refractivity contribution in [3.05, 3.63) is 0 Å². The van der Waals surface area contributed by atoms with Crippen LogP contribution in [0.4, 0.5) is 4.39 Å². The van der Waals surface area contributed by atoms with E-state index in [1.807, 2.05) is 0 Å². The van der Waals surface area contributed by atoms with Gasteiger partial charge in [0.25, 0.3) is 0 Å². The number of carbonyl (C=O) groups is 1. The molecule has 4 fully saturated rings. The minimum absolute atomic E-state index is 0.0680. The average Bonchev–Trinajstić information content (AvgIpc) is 3.00. The van der Waals surface area contributed by atoms with Crippen LogP contribution in [0.3, 0.4) is 0 Å². The minimum Gasteiger partial charge on any atom is -0.296 e. The molecule has 0 saturated heterocycles. The van der Waals surface area contributed by atoms with Crippen LogP contribution in [-0.4, -0.2) is 12.0 Å². The summed E-state index contributed by atoms with van der Waals surface area (Å²) in [6.45, 7) is 12.2. The van der Waals surface area contributed by atoms with E-state index < -0.39 is 6.17 Å². The van der Waals surface area contributed by atoms with Crippen LogP contribution in [0.25, 0.3) is 0 Å². The molecule has 0 aromatic rings. The van der Waals surface area contributed by atoms with Gasteiger partial charge in [0.1, 0.15) is 0 Å². The summed E-state index contributed by atoms with van der Waals surface area (Å²) in [6, 6.07) is 0. The number of fused-ring (bicyclic) bond motifs is 5. The van der Waals surface area contributed by atoms with Crippen molar-refractivity contribution in [3.63, 3.8) is 0 Å². The van der Waals surface area contributed by atoms with Crippen LogP contribution >= 0.6 is 0 Å². The Bertz CT molecular complexity index is 614. The average molecular weight is 405 g/mol. The SMILES string of the molecule is CC(C)CCC[C@@H](C)[C@H]1CC[C@H]2[C@@H]3CC[C@H]4CC(=O)[C@@H](F)C[C@]4(C)[C@H]3CC[C@]12C. The Morgan fingerprint density at radius 3 is 2.41 bits per heavy atom. The van der Waals surface area contributed by atoms with Crippen LogP contribution in [0.15, 0.2) is 0 Å². The molecule has 0 aliphatic heterocycles. The second-order valence-corrected chi connectivity index (χ2v) is 12.5. The van der Waals surface area contributed by atoms with Crippen molar-refractivity contribution in [1.82, 2.24) is 0 Å². The summed E-state index contributed by atoms with van der Waals surface area (Å²) in [5.41, 5.74) is 0.569. The first-order chi connectivity index (χ1) is 13.7. The van der Waals surface area contributed by atoms with Crippen molar-refractivity contribution < 1.29 is 9.18 Å². The molecular formula is C27H45FO. The molecule has 4 saturated carbocycles. The molecule has 0 unspecified atom stereocenters. The van der Waals surface area contributed by atoms with Crippen molar-refractivity contribution in [2.45, 2.75) is 111 Å². The number of alkyl halides is 1. The molecule has 0 radical (unpaired) electrons. The molecule has 29 heavy (non-hydrogen) atoms. The summed E-state index contributed by atoms with van der Waals surface area (Å²) in [6.07, 6.45) is 11.9. The van der Waals surface area contributed by atoms with Crippen LogP contribution in [0.5, 0.6) is 0 Å². The van der Waals surface area contributed by atoms with Gasteiger partial charge in [-0.1, -0.05) is 53.9 Å². The summed E-state index contributed by atoms with van der Waals surface area (Å²) in [5.74, 6) is 5.16. The third-order valence-electron chi connectivity index (χ3n) is 10.7. The standard InChI is InChI=1S/C27H45FO/c1-17(2)7-6-8-18(3)21-11-12-22-20-10-9-19-15-25(29)24(28)16-27(19,5)23(20)13-14-26(21,22)4/h17-24H,6-16H2,1-5H3/t18-,19+,20+,21-,22+,23+,24+,26-,27+/m1/s1. The van der Waals surface area contributed by atoms with Crippen LogP contribution in [0.2, 0.25) is 0 Å². The van der Waals surface area contributed by atoms with E-state index in [-0.39, 0.29) is 11.2 Å². The van der Waals surface area contributed by atoms with E-state index in [1.165, 1.54) is 51.4 Å². The highest BCUT2D eigenvalue weighted by molar-refractivity contribution is 5.84. The normalized spacial score (nSPS) is 48.2. The van der Waals surface area contributed by atoms with Gasteiger partial charge < -0.3 is 0 Å². The van der Waals surface area contributed by atoms with Crippen LogP contribution in [-0.2, 0) is 4.79 Å². The summed E-state index contributed by atoms with van der Waals surface area (Å²) >= 11 is 0. The second kappa shape index (κ2) is 7.94. The van der Waals surface area contributed by atoms with E-state index in [9.17, 15) is 9.18 Å². The third kappa shape index (κ3) is 3.63. The maximum absolute atomic E-state index is 14.5. The second-order valence-electron chi connectivity index (χ2n) is 12.5. The highest BCUT2D eigenvalue weighted by Gasteiger charge is 2.61. The lowest BCUT2D eigenvalue weighted by atomic mass is 9.44. The van der Waals surface area contributed by atoms with E-state index in [0.29, 0.717) is 30.1 Å². The monoisotopic (exact) mass is 404 g/mol. The largest absolute Gasteiger partial charge is 0.296 e. The van der Waals surface area contributed by atoms with Gasteiger partial charge in [-0.2, -0.15) is 0 Å². The fourth-order valence-corrected chi connectivity index (χ4v) is 9.08. The molecule has 0 heterocycles. The smallest absolute Gasteiger partial charge is 0.167 e. The zero-order valence-electron chi connectivity index (χ0n) is 19.7. The Balaban J connectivity index is 1.48. The molecule has 0 aromatic carbocycles. The molecule has 0 spiro atoms. The van der Waals surface area contributed by atoms with E-state index in [1.54, 1.807) is 0 Å². The summed E-state index contributed by atoms with van der Waals surface area (Å²) < 4.78 is 14.5. The number of ketones is 1. The van der Waals surface area contributed by atoms with Crippen LogP contribution < -0.4 is 0 Å². The zero-order chi connectivity index (χ0) is 21.0. The maximum Gasteiger partial charge on any atom is 0.167 e. The number of hydrogen-bond donors (Lipinski definition) is 0. The summed E-state index contributed by atoms with van der Waals surface area (Å²) in [7, 11) is 0. The molecule has 9 atom stereocenters. The highest BCUT2D eigenvalue weighted by Crippen LogP contribution is 2.68. The van der Waals surface area contributed by atoms with Gasteiger partial charge in [-0.15, -0.1) is 0 Å². The fraction of sp³-hybridized carbons (Fsp3) is 0.963. The van der Waals surface area contributed by atoms with Gasteiger partial charge in [-0.25, -0.2) is 4.39 Å². The molecule has 166 valence electrons. The molecule has 4 rings (SSSR count). The van der Waals surface area contributed by atoms with Crippen LogP contribution in [0, 0.1) is 52.3 Å². The number of Topliss-reactive ketones (excluding diaryl/α,β-unsaturated/α-hetero) is 1. The Labute approximate surface area is 179 Å². The third-order valence-corrected chi connectivity index (χ3v) is 10.7. The Hall–Kier alpha value is -0.400. The van der Waals surface area contributed by atoms with Crippen molar-refractivity contribution in [3.8, 4) is 0 Å². The highest BCUT2D eigenvalue weighted by atomic mass is 19.1. The first-order valence-corrected chi connectivity index (χ1v) is 12.8. The molecule has 0 N–H and O–H groups in total. The van der Waals surface area contributed by atoms with Crippen molar-refractivity contribution in [2.75, 3.05) is 0 Å². The van der Waals surface area contributed by atoms with Crippen LogP contribution in [0.1, 0.15) is 105 Å². The van der Waals surface area contributed by atoms with Crippen molar-refractivity contribution >= 4 is 5.78 Å². The van der Waals surface area contributed by atoms with Gasteiger partial charge in [0.05, 0.1) is 0 Å². The van der Waals surface area contributed by atoms with Crippen molar-refractivity contribution in [1.29, 1.82) is 0 Å². The Morgan fingerprint density at radius 2 is 1.69 bits per heavy atom. The first-order valence-electron chi connectivity index (χ1n) is 12.8. The number of rotatable bonds is 5. The number of hydrogen-bond acceptors (Lipinski definition) is 1. The molecular weight excluding hydrogens is 359 g/mol. The predicted octanol–water partition coefficient (Wildman–Crippen LogP) is 7.62. The first kappa shape index (κ1) is 21.8. The molecule has 4 aliphatic carbocycles. The van der Waals surface area contributed by atoms with E-state index in [4.69, 9.17) is 0 Å². The molecule has 0 aromatic heterocycles. The summed E-state index contributed by atoms with van der Waals surface area (Å²) in [5, 5.41) is 0. The van der Waals surface area contributed by atoms with Gasteiger partial charge in [-0.05, 0) is 97.2 Å². The quantitative estimate of drug-likeness (QED) is 0.460. The van der Waals surface area contributed by atoms with E-state index in [0.717, 1.165) is 36.0 Å².